The quantitative estimate of drug-likeness (QED) is 0.900. The Kier molecular flexibility index (Phi) is 3.61. The van der Waals surface area contributed by atoms with Gasteiger partial charge in [-0.25, -0.2) is 9.18 Å². The average Bonchev–Trinajstić information content (AvgIpc) is 2.46. The number of aromatic carboxylic acids is 1. The van der Waals surface area contributed by atoms with Gasteiger partial charge in [-0.2, -0.15) is 0 Å². The van der Waals surface area contributed by atoms with Crippen LogP contribution in [0, 0.1) is 5.82 Å². The second kappa shape index (κ2) is 5.40. The predicted octanol–water partition coefficient (Wildman–Crippen LogP) is 2.20. The maximum Gasteiger partial charge on any atom is 0.337 e. The van der Waals surface area contributed by atoms with Gasteiger partial charge in [0.25, 0.3) is 0 Å². The van der Waals surface area contributed by atoms with Gasteiger partial charge in [0.2, 0.25) is 0 Å². The first kappa shape index (κ1) is 13.4. The van der Waals surface area contributed by atoms with E-state index in [4.69, 9.17) is 0 Å². The van der Waals surface area contributed by atoms with E-state index >= 15 is 0 Å². The lowest BCUT2D eigenvalue weighted by molar-refractivity contribution is 0.0696. The third-order valence-corrected chi connectivity index (χ3v) is 4.37. The van der Waals surface area contributed by atoms with Gasteiger partial charge >= 0.3 is 5.97 Å². The summed E-state index contributed by atoms with van der Waals surface area (Å²) < 4.78 is 13.3. The first-order chi connectivity index (χ1) is 9.65. The van der Waals surface area contributed by atoms with Crippen molar-refractivity contribution in [2.75, 3.05) is 31.1 Å². The Morgan fingerprint density at radius 3 is 2.90 bits per heavy atom. The largest absolute Gasteiger partial charge is 0.478 e. The van der Waals surface area contributed by atoms with Crippen LogP contribution in [0.1, 0.15) is 29.6 Å². The number of rotatable bonds is 2. The molecular weight excluding hydrogens is 259 g/mol. The van der Waals surface area contributed by atoms with Crippen LogP contribution in [0.15, 0.2) is 18.2 Å². The molecule has 1 aromatic rings. The molecule has 2 fully saturated rings. The molecule has 0 radical (unpaired) electrons. The monoisotopic (exact) mass is 278 g/mol. The van der Waals surface area contributed by atoms with Crippen molar-refractivity contribution in [1.82, 2.24) is 4.90 Å². The number of fused-ring (bicyclic) bond motifs is 1. The zero-order chi connectivity index (χ0) is 14.1. The van der Waals surface area contributed by atoms with Gasteiger partial charge in [0.05, 0.1) is 11.3 Å². The minimum atomic E-state index is -1.06. The normalized spacial score (nSPS) is 23.4. The first-order valence-corrected chi connectivity index (χ1v) is 7.17. The van der Waals surface area contributed by atoms with Crippen LogP contribution in [0.5, 0.6) is 0 Å². The fourth-order valence-corrected chi connectivity index (χ4v) is 3.33. The lowest BCUT2D eigenvalue weighted by Crippen LogP contribution is -2.55. The predicted molar refractivity (Wildman–Crippen MR) is 74.8 cm³/mol. The zero-order valence-corrected chi connectivity index (χ0v) is 11.4. The van der Waals surface area contributed by atoms with Gasteiger partial charge in [-0.05, 0) is 37.6 Å². The molecule has 0 bridgehead atoms. The zero-order valence-electron chi connectivity index (χ0n) is 11.4. The van der Waals surface area contributed by atoms with Crippen molar-refractivity contribution in [3.05, 3.63) is 29.6 Å². The molecule has 0 aliphatic carbocycles. The number of piperazine rings is 1. The lowest BCUT2D eigenvalue weighted by Gasteiger charge is -2.45. The van der Waals surface area contributed by atoms with Crippen LogP contribution in [-0.4, -0.2) is 48.2 Å². The molecule has 0 saturated carbocycles. The van der Waals surface area contributed by atoms with Crippen molar-refractivity contribution in [3.63, 3.8) is 0 Å². The number of carboxylic acid groups (broad SMARTS) is 1. The van der Waals surface area contributed by atoms with Crippen molar-refractivity contribution in [1.29, 1.82) is 0 Å². The van der Waals surface area contributed by atoms with Crippen LogP contribution in [0.2, 0.25) is 0 Å². The van der Waals surface area contributed by atoms with Gasteiger partial charge in [-0.3, -0.25) is 4.90 Å². The van der Waals surface area contributed by atoms with E-state index < -0.39 is 11.8 Å². The molecule has 4 nitrogen and oxygen atoms in total. The number of piperidine rings is 1. The van der Waals surface area contributed by atoms with Crippen LogP contribution >= 0.6 is 0 Å². The molecule has 3 rings (SSSR count). The summed E-state index contributed by atoms with van der Waals surface area (Å²) in [5.41, 5.74) is 0.707. The highest BCUT2D eigenvalue weighted by molar-refractivity contribution is 5.94. The summed E-state index contributed by atoms with van der Waals surface area (Å²) >= 11 is 0. The van der Waals surface area contributed by atoms with E-state index in [2.05, 4.69) is 9.80 Å². The number of nitrogens with zero attached hydrogens (tertiary/aromatic N) is 2. The van der Waals surface area contributed by atoms with E-state index in [9.17, 15) is 14.3 Å². The van der Waals surface area contributed by atoms with Crippen molar-refractivity contribution in [2.24, 2.45) is 0 Å². The topological polar surface area (TPSA) is 43.8 Å². The number of halogens is 1. The van der Waals surface area contributed by atoms with Gasteiger partial charge in [-0.15, -0.1) is 0 Å². The van der Waals surface area contributed by atoms with Crippen LogP contribution in [0.3, 0.4) is 0 Å². The lowest BCUT2D eigenvalue weighted by atomic mass is 9.98. The second-order valence-corrected chi connectivity index (χ2v) is 5.60. The summed E-state index contributed by atoms with van der Waals surface area (Å²) in [5, 5.41) is 9.25. The minimum absolute atomic E-state index is 0.0641. The van der Waals surface area contributed by atoms with Gasteiger partial charge in [0.15, 0.2) is 0 Å². The van der Waals surface area contributed by atoms with E-state index in [0.717, 1.165) is 32.2 Å². The fraction of sp³-hybridized carbons (Fsp3) is 0.533. The van der Waals surface area contributed by atoms with Gasteiger partial charge in [-0.1, -0.05) is 6.42 Å². The molecule has 1 aromatic carbocycles. The van der Waals surface area contributed by atoms with Crippen molar-refractivity contribution >= 4 is 11.7 Å². The van der Waals surface area contributed by atoms with E-state index in [1.807, 2.05) is 0 Å². The highest BCUT2D eigenvalue weighted by Gasteiger charge is 2.30. The first-order valence-electron chi connectivity index (χ1n) is 7.17. The Labute approximate surface area is 117 Å². The van der Waals surface area contributed by atoms with Crippen molar-refractivity contribution in [3.8, 4) is 0 Å². The highest BCUT2D eigenvalue weighted by Crippen LogP contribution is 2.27. The molecule has 2 saturated heterocycles. The molecule has 2 aliphatic heterocycles. The van der Waals surface area contributed by atoms with E-state index in [1.165, 1.54) is 25.3 Å². The molecular formula is C15H19FN2O2. The van der Waals surface area contributed by atoms with Gasteiger partial charge < -0.3 is 10.0 Å². The third kappa shape index (κ3) is 2.50. The maximum absolute atomic E-state index is 13.3. The fourth-order valence-electron chi connectivity index (χ4n) is 3.33. The number of hydrogen-bond donors (Lipinski definition) is 1. The molecule has 108 valence electrons. The number of carbonyl (C=O) groups is 1. The Morgan fingerprint density at radius 1 is 1.25 bits per heavy atom. The number of benzene rings is 1. The van der Waals surface area contributed by atoms with E-state index in [0.29, 0.717) is 11.7 Å². The number of anilines is 1. The summed E-state index contributed by atoms with van der Waals surface area (Å²) in [6.45, 7) is 3.75. The third-order valence-electron chi connectivity index (χ3n) is 4.37. The SMILES string of the molecule is O=C(O)c1cc(F)ccc1N1CCN2CCCCC2C1. The molecule has 0 amide bonds. The smallest absolute Gasteiger partial charge is 0.337 e. The second-order valence-electron chi connectivity index (χ2n) is 5.60. The Bertz CT molecular complexity index is 521. The molecule has 1 atom stereocenters. The maximum atomic E-state index is 13.3. The van der Waals surface area contributed by atoms with Crippen LogP contribution < -0.4 is 4.90 Å². The molecule has 0 aromatic heterocycles. The van der Waals surface area contributed by atoms with Gasteiger partial charge in [0.1, 0.15) is 5.82 Å². The van der Waals surface area contributed by atoms with Crippen LogP contribution in [-0.2, 0) is 0 Å². The Balaban J connectivity index is 1.84. The Morgan fingerprint density at radius 2 is 2.10 bits per heavy atom. The average molecular weight is 278 g/mol. The standard InChI is InChI=1S/C15H19FN2O2/c16-11-4-5-14(13(9-11)15(19)20)18-8-7-17-6-2-1-3-12(17)10-18/h4-5,9,12H,1-3,6-8,10H2,(H,19,20). The summed E-state index contributed by atoms with van der Waals surface area (Å²) in [5.74, 6) is -1.56. The molecule has 1 unspecified atom stereocenters. The summed E-state index contributed by atoms with van der Waals surface area (Å²) in [7, 11) is 0. The molecule has 2 heterocycles. The number of hydrogen-bond acceptors (Lipinski definition) is 3. The van der Waals surface area contributed by atoms with Crippen molar-refractivity contribution < 1.29 is 14.3 Å². The molecule has 5 heteroatoms. The van der Waals surface area contributed by atoms with Crippen LogP contribution in [0.4, 0.5) is 10.1 Å². The van der Waals surface area contributed by atoms with E-state index in [1.54, 1.807) is 6.07 Å². The summed E-state index contributed by atoms with van der Waals surface area (Å²) in [4.78, 5) is 15.9. The van der Waals surface area contributed by atoms with E-state index in [-0.39, 0.29) is 5.56 Å². The van der Waals surface area contributed by atoms with Crippen LogP contribution in [0.25, 0.3) is 0 Å². The molecule has 20 heavy (non-hydrogen) atoms. The van der Waals surface area contributed by atoms with Crippen molar-refractivity contribution in [2.45, 2.75) is 25.3 Å². The summed E-state index contributed by atoms with van der Waals surface area (Å²) in [6, 6.07) is 4.56. The van der Waals surface area contributed by atoms with Gasteiger partial charge in [0, 0.05) is 25.7 Å². The minimum Gasteiger partial charge on any atom is -0.478 e. The summed E-state index contributed by atoms with van der Waals surface area (Å²) in [6.07, 6.45) is 3.66. The number of carboxylic acids is 1. The molecule has 2 aliphatic rings. The highest BCUT2D eigenvalue weighted by atomic mass is 19.1. The Hall–Kier alpha value is -1.62. The molecule has 0 spiro atoms. The molecule has 1 N–H and O–H groups in total.